The number of carbonyl (C=O) groups excluding carboxylic acids is 2. The second kappa shape index (κ2) is 4.26. The molecule has 90 valence electrons. The van der Waals surface area contributed by atoms with E-state index in [0.717, 1.165) is 10.8 Å². The van der Waals surface area contributed by atoms with E-state index in [1.807, 2.05) is 36.4 Å². The van der Waals surface area contributed by atoms with E-state index in [9.17, 15) is 9.59 Å². The minimum absolute atomic E-state index is 0.105. The molecule has 0 aliphatic carbocycles. The van der Waals surface area contributed by atoms with Crippen molar-refractivity contribution in [1.29, 1.82) is 0 Å². The van der Waals surface area contributed by atoms with E-state index in [1.165, 1.54) is 0 Å². The summed E-state index contributed by atoms with van der Waals surface area (Å²) in [5.41, 5.74) is 0.605. The van der Waals surface area contributed by atoms with Gasteiger partial charge in [0.05, 0.1) is 0 Å². The summed E-state index contributed by atoms with van der Waals surface area (Å²) in [4.78, 5) is 23.2. The first-order valence-electron chi connectivity index (χ1n) is 5.96. The van der Waals surface area contributed by atoms with Gasteiger partial charge in [-0.3, -0.25) is 9.59 Å². The normalized spacial score (nSPS) is 18.9. The third-order valence-corrected chi connectivity index (χ3v) is 3.21. The predicted molar refractivity (Wildman–Crippen MR) is 67.4 cm³/mol. The molecule has 1 fully saturated rings. The van der Waals surface area contributed by atoms with E-state index >= 15 is 0 Å². The van der Waals surface area contributed by atoms with Gasteiger partial charge < -0.3 is 4.74 Å². The van der Waals surface area contributed by atoms with E-state index in [0.29, 0.717) is 18.4 Å². The standard InChI is InChI=1S/C15H12O3/c16-14-8-7-13(18-14)15(17)12-6-5-10-3-1-2-4-11(10)9-12/h1-6,9,13H,7-8H2. The number of rotatable bonds is 2. The Morgan fingerprint density at radius 1 is 1.11 bits per heavy atom. The van der Waals surface area contributed by atoms with Crippen LogP contribution in [0.3, 0.4) is 0 Å². The highest BCUT2D eigenvalue weighted by Gasteiger charge is 2.30. The highest BCUT2D eigenvalue weighted by molar-refractivity contribution is 6.04. The predicted octanol–water partition coefficient (Wildman–Crippen LogP) is 2.73. The van der Waals surface area contributed by atoms with E-state index in [1.54, 1.807) is 6.07 Å². The molecule has 1 aliphatic heterocycles. The number of ketones is 1. The second-order valence-electron chi connectivity index (χ2n) is 4.44. The number of cyclic esters (lactones) is 1. The molecule has 0 N–H and O–H groups in total. The van der Waals surface area contributed by atoms with Crippen LogP contribution in [0.25, 0.3) is 10.8 Å². The third-order valence-electron chi connectivity index (χ3n) is 3.21. The van der Waals surface area contributed by atoms with E-state index in [4.69, 9.17) is 4.74 Å². The van der Waals surface area contributed by atoms with Crippen LogP contribution in [0.5, 0.6) is 0 Å². The Morgan fingerprint density at radius 2 is 1.89 bits per heavy atom. The molecule has 1 saturated heterocycles. The summed E-state index contributed by atoms with van der Waals surface area (Å²) in [6.45, 7) is 0. The van der Waals surface area contributed by atoms with Crippen LogP contribution < -0.4 is 0 Å². The molecule has 1 aliphatic rings. The van der Waals surface area contributed by atoms with Crippen LogP contribution in [-0.2, 0) is 9.53 Å². The molecule has 2 aromatic rings. The van der Waals surface area contributed by atoms with E-state index < -0.39 is 6.10 Å². The van der Waals surface area contributed by atoms with Crippen LogP contribution in [0.15, 0.2) is 42.5 Å². The van der Waals surface area contributed by atoms with E-state index in [2.05, 4.69) is 0 Å². The Labute approximate surface area is 104 Å². The summed E-state index contributed by atoms with van der Waals surface area (Å²) in [6.07, 6.45) is 0.229. The van der Waals surface area contributed by atoms with Gasteiger partial charge in [-0.05, 0) is 16.8 Å². The van der Waals surface area contributed by atoms with Gasteiger partial charge in [0.2, 0.25) is 5.78 Å². The number of hydrogen-bond donors (Lipinski definition) is 0. The summed E-state index contributed by atoms with van der Waals surface area (Å²) in [5, 5.41) is 2.12. The molecule has 0 aromatic heterocycles. The second-order valence-corrected chi connectivity index (χ2v) is 4.44. The molecule has 1 unspecified atom stereocenters. The van der Waals surface area contributed by atoms with Crippen LogP contribution in [0.4, 0.5) is 0 Å². The van der Waals surface area contributed by atoms with Gasteiger partial charge in [-0.1, -0.05) is 36.4 Å². The van der Waals surface area contributed by atoms with Crippen LogP contribution in [-0.4, -0.2) is 17.9 Å². The maximum Gasteiger partial charge on any atom is 0.306 e. The fourth-order valence-electron chi connectivity index (χ4n) is 2.24. The average Bonchev–Trinajstić information content (AvgIpc) is 2.84. The maximum atomic E-state index is 12.2. The molecular formula is C15H12O3. The van der Waals surface area contributed by atoms with Crippen molar-refractivity contribution in [3.8, 4) is 0 Å². The molecule has 1 atom stereocenters. The highest BCUT2D eigenvalue weighted by Crippen LogP contribution is 2.21. The van der Waals surface area contributed by atoms with Crippen molar-refractivity contribution in [3.05, 3.63) is 48.0 Å². The highest BCUT2D eigenvalue weighted by atomic mass is 16.6. The molecule has 3 heteroatoms. The van der Waals surface area contributed by atoms with Gasteiger partial charge in [-0.2, -0.15) is 0 Å². The molecule has 18 heavy (non-hydrogen) atoms. The molecule has 0 spiro atoms. The van der Waals surface area contributed by atoms with Gasteiger partial charge in [0.15, 0.2) is 6.10 Å². The SMILES string of the molecule is O=C1CCC(C(=O)c2ccc3ccccc3c2)O1. The fraction of sp³-hybridized carbons (Fsp3) is 0.200. The number of hydrogen-bond acceptors (Lipinski definition) is 3. The largest absolute Gasteiger partial charge is 0.454 e. The molecule has 1 heterocycles. The first-order valence-corrected chi connectivity index (χ1v) is 5.96. The summed E-state index contributed by atoms with van der Waals surface area (Å²) in [6, 6.07) is 13.4. The maximum absolute atomic E-state index is 12.2. The van der Waals surface area contributed by atoms with Crippen molar-refractivity contribution in [1.82, 2.24) is 0 Å². The fourth-order valence-corrected chi connectivity index (χ4v) is 2.24. The van der Waals surface area contributed by atoms with Gasteiger partial charge in [0.25, 0.3) is 0 Å². The molecular weight excluding hydrogens is 228 g/mol. The number of esters is 1. The van der Waals surface area contributed by atoms with Crippen LogP contribution >= 0.6 is 0 Å². The lowest BCUT2D eigenvalue weighted by molar-refractivity contribution is -0.140. The smallest absolute Gasteiger partial charge is 0.306 e. The Kier molecular flexibility index (Phi) is 2.59. The molecule has 0 saturated carbocycles. The minimum atomic E-state index is -0.598. The van der Waals surface area contributed by atoms with Crippen molar-refractivity contribution in [2.75, 3.05) is 0 Å². The van der Waals surface area contributed by atoms with Crippen molar-refractivity contribution in [2.24, 2.45) is 0 Å². The van der Waals surface area contributed by atoms with Crippen molar-refractivity contribution in [2.45, 2.75) is 18.9 Å². The van der Waals surface area contributed by atoms with Crippen molar-refractivity contribution in [3.63, 3.8) is 0 Å². The third kappa shape index (κ3) is 1.88. The molecule has 0 radical (unpaired) electrons. The average molecular weight is 240 g/mol. The first kappa shape index (κ1) is 11.0. The zero-order valence-corrected chi connectivity index (χ0v) is 9.76. The summed E-state index contributed by atoms with van der Waals surface area (Å²) in [5.74, 6) is -0.388. The first-order chi connectivity index (χ1) is 8.74. The van der Waals surface area contributed by atoms with Crippen LogP contribution in [0.1, 0.15) is 23.2 Å². The molecule has 3 rings (SSSR count). The van der Waals surface area contributed by atoms with E-state index in [-0.39, 0.29) is 11.8 Å². The lowest BCUT2D eigenvalue weighted by Gasteiger charge is -2.08. The van der Waals surface area contributed by atoms with Crippen LogP contribution in [0, 0.1) is 0 Å². The molecule has 0 amide bonds. The summed E-state index contributed by atoms with van der Waals surface area (Å²) >= 11 is 0. The zero-order chi connectivity index (χ0) is 12.5. The Balaban J connectivity index is 1.94. The number of ether oxygens (including phenoxy) is 1. The minimum Gasteiger partial charge on any atom is -0.454 e. The van der Waals surface area contributed by atoms with Gasteiger partial charge in [0, 0.05) is 18.4 Å². The van der Waals surface area contributed by atoms with Crippen molar-refractivity contribution >= 4 is 22.5 Å². The van der Waals surface area contributed by atoms with Gasteiger partial charge in [-0.15, -0.1) is 0 Å². The monoisotopic (exact) mass is 240 g/mol. The molecule has 0 bridgehead atoms. The van der Waals surface area contributed by atoms with Gasteiger partial charge in [0.1, 0.15) is 0 Å². The quantitative estimate of drug-likeness (QED) is 0.598. The van der Waals surface area contributed by atoms with Crippen molar-refractivity contribution < 1.29 is 14.3 Å². The topological polar surface area (TPSA) is 43.4 Å². The number of carbonyl (C=O) groups is 2. The Hall–Kier alpha value is -2.16. The number of Topliss-reactive ketones (excluding diaryl/α,β-unsaturated/α-hetero) is 1. The van der Waals surface area contributed by atoms with Crippen LogP contribution in [0.2, 0.25) is 0 Å². The number of benzene rings is 2. The lowest BCUT2D eigenvalue weighted by Crippen LogP contribution is -2.20. The zero-order valence-electron chi connectivity index (χ0n) is 9.76. The summed E-state index contributed by atoms with van der Waals surface area (Å²) < 4.78 is 5.00. The van der Waals surface area contributed by atoms with Gasteiger partial charge >= 0.3 is 5.97 Å². The number of fused-ring (bicyclic) bond motifs is 1. The molecule has 3 nitrogen and oxygen atoms in total. The Morgan fingerprint density at radius 3 is 2.61 bits per heavy atom. The molecule has 2 aromatic carbocycles. The van der Waals surface area contributed by atoms with Gasteiger partial charge in [-0.25, -0.2) is 0 Å². The summed E-state index contributed by atoms with van der Waals surface area (Å²) in [7, 11) is 0. The Bertz CT molecular complexity index is 630. The lowest BCUT2D eigenvalue weighted by atomic mass is 10.0.